The van der Waals surface area contributed by atoms with E-state index in [0.717, 1.165) is 50.5 Å². The minimum atomic E-state index is -0.962. The maximum Gasteiger partial charge on any atom is 0.410 e. The fourth-order valence-electron chi connectivity index (χ4n) is 4.05. The van der Waals surface area contributed by atoms with Crippen LogP contribution in [0.2, 0.25) is 0 Å². The molecule has 2 rings (SSSR count). The van der Waals surface area contributed by atoms with E-state index >= 15 is 0 Å². The van der Waals surface area contributed by atoms with E-state index in [0.29, 0.717) is 38.5 Å². The quantitative estimate of drug-likeness (QED) is 0.348. The van der Waals surface area contributed by atoms with Crippen LogP contribution in [0, 0.1) is 0 Å². The van der Waals surface area contributed by atoms with Gasteiger partial charge in [-0.1, -0.05) is 44.7 Å². The van der Waals surface area contributed by atoms with Gasteiger partial charge in [0.2, 0.25) is 0 Å². The van der Waals surface area contributed by atoms with E-state index in [-0.39, 0.29) is 12.2 Å². The summed E-state index contributed by atoms with van der Waals surface area (Å²) in [6.07, 6.45) is 9.08. The predicted octanol–water partition coefficient (Wildman–Crippen LogP) is 5.45. The molecule has 1 aliphatic carbocycles. The van der Waals surface area contributed by atoms with Crippen LogP contribution in [-0.2, 0) is 20.7 Å². The topological polar surface area (TPSA) is 85.3 Å². The third-order valence-corrected chi connectivity index (χ3v) is 5.98. The van der Waals surface area contributed by atoms with E-state index in [1.54, 1.807) is 11.8 Å². The maximum atomic E-state index is 12.8. The molecule has 1 fully saturated rings. The van der Waals surface area contributed by atoms with Gasteiger partial charge >= 0.3 is 12.1 Å². The van der Waals surface area contributed by atoms with Crippen LogP contribution in [0.15, 0.2) is 24.3 Å². The van der Waals surface area contributed by atoms with E-state index in [9.17, 15) is 14.7 Å². The van der Waals surface area contributed by atoms with Gasteiger partial charge in [0.05, 0.1) is 6.54 Å². The number of nitrogens with zero attached hydrogens (tertiary/aromatic N) is 1. The fourth-order valence-corrected chi connectivity index (χ4v) is 4.05. The van der Waals surface area contributed by atoms with Gasteiger partial charge < -0.3 is 24.2 Å². The van der Waals surface area contributed by atoms with Gasteiger partial charge in [0.25, 0.3) is 0 Å². The highest BCUT2D eigenvalue weighted by Crippen LogP contribution is 2.21. The molecule has 7 heteroatoms. The van der Waals surface area contributed by atoms with Crippen molar-refractivity contribution in [1.82, 2.24) is 4.90 Å². The van der Waals surface area contributed by atoms with Crippen molar-refractivity contribution in [3.63, 3.8) is 0 Å². The van der Waals surface area contributed by atoms with Crippen molar-refractivity contribution in [2.45, 2.75) is 90.3 Å². The van der Waals surface area contributed by atoms with Crippen LogP contribution in [0.5, 0.6) is 5.75 Å². The van der Waals surface area contributed by atoms with Crippen LogP contribution in [0.1, 0.15) is 77.2 Å². The van der Waals surface area contributed by atoms with Crippen molar-refractivity contribution in [2.75, 3.05) is 26.3 Å². The van der Waals surface area contributed by atoms with E-state index in [2.05, 4.69) is 6.92 Å². The smallest absolute Gasteiger partial charge is 0.410 e. The SMILES string of the molecule is CCCCCCN(CCOc1ccc(CC(OCC)C(=O)O)cc1)C(=O)OC1CCCCC1. The minimum absolute atomic E-state index is 0.0455. The normalized spacial score (nSPS) is 15.1. The number of carboxylic acid groups (broad SMARTS) is 1. The third kappa shape index (κ3) is 10.5. The number of benzene rings is 1. The first kappa shape index (κ1) is 27.0. The molecule has 1 aromatic carbocycles. The fraction of sp³-hybridized carbons (Fsp3) is 0.692. The van der Waals surface area contributed by atoms with Gasteiger partial charge in [0.15, 0.2) is 6.10 Å². The number of carbonyl (C=O) groups is 2. The molecule has 0 aromatic heterocycles. The highest BCUT2D eigenvalue weighted by molar-refractivity contribution is 5.72. The molecule has 186 valence electrons. The van der Waals surface area contributed by atoms with Gasteiger partial charge in [-0.3, -0.25) is 0 Å². The van der Waals surface area contributed by atoms with E-state index in [1.807, 2.05) is 24.3 Å². The zero-order valence-electron chi connectivity index (χ0n) is 20.3. The van der Waals surface area contributed by atoms with Crippen LogP contribution >= 0.6 is 0 Å². The molecule has 33 heavy (non-hydrogen) atoms. The van der Waals surface area contributed by atoms with E-state index < -0.39 is 12.1 Å². The molecule has 1 unspecified atom stereocenters. The van der Waals surface area contributed by atoms with Crippen molar-refractivity contribution in [2.24, 2.45) is 0 Å². The molecule has 0 bridgehead atoms. The Kier molecular flexibility index (Phi) is 12.7. The Morgan fingerprint density at radius 1 is 1.03 bits per heavy atom. The van der Waals surface area contributed by atoms with Crippen molar-refractivity contribution in [1.29, 1.82) is 0 Å². The first-order valence-corrected chi connectivity index (χ1v) is 12.5. The number of carbonyl (C=O) groups excluding carboxylic acids is 1. The highest BCUT2D eigenvalue weighted by Gasteiger charge is 2.22. The van der Waals surface area contributed by atoms with Crippen LogP contribution in [0.25, 0.3) is 0 Å². The van der Waals surface area contributed by atoms with Crippen molar-refractivity contribution >= 4 is 12.1 Å². The average Bonchev–Trinajstić information content (AvgIpc) is 2.82. The Morgan fingerprint density at radius 2 is 1.76 bits per heavy atom. The second kappa shape index (κ2) is 15.5. The molecule has 1 aliphatic rings. The summed E-state index contributed by atoms with van der Waals surface area (Å²) in [4.78, 5) is 25.8. The number of hydrogen-bond acceptors (Lipinski definition) is 5. The number of aliphatic carboxylic acids is 1. The molecule has 0 heterocycles. The molecule has 0 radical (unpaired) electrons. The number of rotatable bonds is 15. The van der Waals surface area contributed by atoms with Gasteiger partial charge in [-0.25, -0.2) is 9.59 Å². The summed E-state index contributed by atoms with van der Waals surface area (Å²) in [6, 6.07) is 7.35. The summed E-state index contributed by atoms with van der Waals surface area (Å²) in [6.45, 7) is 5.85. The van der Waals surface area contributed by atoms with Gasteiger partial charge in [0, 0.05) is 19.6 Å². The third-order valence-electron chi connectivity index (χ3n) is 5.98. The first-order valence-electron chi connectivity index (χ1n) is 12.5. The second-order valence-corrected chi connectivity index (χ2v) is 8.67. The Morgan fingerprint density at radius 3 is 2.39 bits per heavy atom. The summed E-state index contributed by atoms with van der Waals surface area (Å²) < 4.78 is 16.9. The van der Waals surface area contributed by atoms with Gasteiger partial charge in [-0.15, -0.1) is 0 Å². The molecule has 1 aromatic rings. The summed E-state index contributed by atoms with van der Waals surface area (Å²) >= 11 is 0. The number of carboxylic acids is 1. The molecule has 0 saturated heterocycles. The summed E-state index contributed by atoms with van der Waals surface area (Å²) in [5, 5.41) is 9.24. The lowest BCUT2D eigenvalue weighted by Crippen LogP contribution is -2.38. The molecule has 1 N–H and O–H groups in total. The number of unbranched alkanes of at least 4 members (excludes halogenated alkanes) is 3. The highest BCUT2D eigenvalue weighted by atomic mass is 16.6. The minimum Gasteiger partial charge on any atom is -0.492 e. The van der Waals surface area contributed by atoms with Gasteiger partial charge in [-0.2, -0.15) is 0 Å². The molecule has 0 spiro atoms. The Labute approximate surface area is 198 Å². The molecule has 1 amide bonds. The zero-order valence-corrected chi connectivity index (χ0v) is 20.3. The first-order chi connectivity index (χ1) is 16.0. The van der Waals surface area contributed by atoms with Gasteiger partial charge in [0.1, 0.15) is 18.5 Å². The van der Waals surface area contributed by atoms with Crippen LogP contribution in [0.4, 0.5) is 4.79 Å². The maximum absolute atomic E-state index is 12.8. The summed E-state index contributed by atoms with van der Waals surface area (Å²) in [5.74, 6) is -0.273. The molecule has 1 atom stereocenters. The molecule has 7 nitrogen and oxygen atoms in total. The lowest BCUT2D eigenvalue weighted by molar-refractivity contribution is -0.149. The Balaban J connectivity index is 1.83. The van der Waals surface area contributed by atoms with Gasteiger partial charge in [-0.05, 0) is 56.7 Å². The molecule has 1 saturated carbocycles. The van der Waals surface area contributed by atoms with Crippen LogP contribution < -0.4 is 4.74 Å². The predicted molar refractivity (Wildman–Crippen MR) is 128 cm³/mol. The molecule has 0 aliphatic heterocycles. The summed E-state index contributed by atoms with van der Waals surface area (Å²) in [7, 11) is 0. The zero-order chi connectivity index (χ0) is 23.9. The van der Waals surface area contributed by atoms with E-state index in [1.165, 1.54) is 12.8 Å². The Bertz CT molecular complexity index is 687. The number of ether oxygens (including phenoxy) is 3. The second-order valence-electron chi connectivity index (χ2n) is 8.67. The number of hydrogen-bond donors (Lipinski definition) is 1. The Hall–Kier alpha value is -2.28. The lowest BCUT2D eigenvalue weighted by atomic mass is 9.98. The summed E-state index contributed by atoms with van der Waals surface area (Å²) in [5.41, 5.74) is 0.872. The van der Waals surface area contributed by atoms with Crippen molar-refractivity contribution in [3.05, 3.63) is 29.8 Å². The number of amides is 1. The lowest BCUT2D eigenvalue weighted by Gasteiger charge is -2.27. The van der Waals surface area contributed by atoms with Crippen LogP contribution in [0.3, 0.4) is 0 Å². The van der Waals surface area contributed by atoms with Crippen molar-refractivity contribution < 1.29 is 28.9 Å². The molecular formula is C26H41NO6. The van der Waals surface area contributed by atoms with E-state index in [4.69, 9.17) is 14.2 Å². The monoisotopic (exact) mass is 463 g/mol. The molecular weight excluding hydrogens is 422 g/mol. The van der Waals surface area contributed by atoms with Crippen molar-refractivity contribution in [3.8, 4) is 5.75 Å². The van der Waals surface area contributed by atoms with Crippen LogP contribution in [-0.4, -0.2) is 60.6 Å². The average molecular weight is 464 g/mol. The standard InChI is InChI=1S/C26H41NO6/c1-3-5-6-10-17-27(26(30)33-23-11-8-7-9-12-23)18-19-32-22-15-13-21(14-16-22)20-24(25(28)29)31-4-2/h13-16,23-24H,3-12,17-20H2,1-2H3,(H,28,29). The largest absolute Gasteiger partial charge is 0.492 e.